The molecule has 0 unspecified atom stereocenters. The van der Waals surface area contributed by atoms with Gasteiger partial charge in [-0.25, -0.2) is 14.5 Å². The van der Waals surface area contributed by atoms with Gasteiger partial charge in [-0.05, 0) is 18.9 Å². The van der Waals surface area contributed by atoms with Gasteiger partial charge in [0.1, 0.15) is 6.54 Å². The van der Waals surface area contributed by atoms with E-state index in [4.69, 9.17) is 4.74 Å². The van der Waals surface area contributed by atoms with Crippen LogP contribution in [0.2, 0.25) is 0 Å². The summed E-state index contributed by atoms with van der Waals surface area (Å²) < 4.78 is 7.92. The van der Waals surface area contributed by atoms with Crippen LogP contribution < -0.4 is 0 Å². The molecule has 0 amide bonds. The SMILES string of the molecule is COC(=O)c1cc(-c2cnn(C)c2)nc2c1c(C1CC1)nn2CC(=O)O. The maximum absolute atomic E-state index is 12.4. The maximum atomic E-state index is 12.4. The number of aromatic nitrogens is 5. The van der Waals surface area contributed by atoms with Crippen LogP contribution in [0.3, 0.4) is 0 Å². The zero-order valence-corrected chi connectivity index (χ0v) is 14.3. The van der Waals surface area contributed by atoms with Gasteiger partial charge in [0.2, 0.25) is 0 Å². The molecule has 0 radical (unpaired) electrons. The van der Waals surface area contributed by atoms with Gasteiger partial charge in [0.25, 0.3) is 0 Å². The van der Waals surface area contributed by atoms with Crippen molar-refractivity contribution >= 4 is 23.0 Å². The summed E-state index contributed by atoms with van der Waals surface area (Å²) in [6.07, 6.45) is 5.33. The van der Waals surface area contributed by atoms with E-state index < -0.39 is 11.9 Å². The molecule has 1 fully saturated rings. The first kappa shape index (κ1) is 16.2. The predicted octanol–water partition coefficient (Wildman–Crippen LogP) is 1.58. The molecule has 9 nitrogen and oxygen atoms in total. The highest BCUT2D eigenvalue weighted by Gasteiger charge is 2.33. The van der Waals surface area contributed by atoms with Gasteiger partial charge in [0.15, 0.2) is 5.65 Å². The summed E-state index contributed by atoms with van der Waals surface area (Å²) in [5.41, 5.74) is 2.66. The molecule has 0 bridgehead atoms. The van der Waals surface area contributed by atoms with Crippen molar-refractivity contribution in [2.75, 3.05) is 7.11 Å². The number of carboxylic acid groups (broad SMARTS) is 1. The van der Waals surface area contributed by atoms with Gasteiger partial charge < -0.3 is 9.84 Å². The Kier molecular flexibility index (Phi) is 3.71. The molecule has 0 aromatic carbocycles. The molecule has 1 saturated carbocycles. The van der Waals surface area contributed by atoms with Crippen molar-refractivity contribution in [2.24, 2.45) is 7.05 Å². The van der Waals surface area contributed by atoms with E-state index in [0.29, 0.717) is 28.0 Å². The second-order valence-corrected chi connectivity index (χ2v) is 6.36. The van der Waals surface area contributed by atoms with E-state index in [1.54, 1.807) is 30.2 Å². The molecule has 0 saturated heterocycles. The van der Waals surface area contributed by atoms with Crippen molar-refractivity contribution in [2.45, 2.75) is 25.3 Å². The lowest BCUT2D eigenvalue weighted by Crippen LogP contribution is -2.11. The van der Waals surface area contributed by atoms with Gasteiger partial charge >= 0.3 is 11.9 Å². The van der Waals surface area contributed by atoms with Crippen LogP contribution in [0.15, 0.2) is 18.5 Å². The number of aryl methyl sites for hydroxylation is 1. The quantitative estimate of drug-likeness (QED) is 0.691. The summed E-state index contributed by atoms with van der Waals surface area (Å²) in [6.45, 7) is -0.326. The van der Waals surface area contributed by atoms with Gasteiger partial charge in [0.05, 0.1) is 35.6 Å². The van der Waals surface area contributed by atoms with Gasteiger partial charge in [0, 0.05) is 24.7 Å². The largest absolute Gasteiger partial charge is 0.480 e. The Morgan fingerprint density at radius 2 is 2.15 bits per heavy atom. The highest BCUT2D eigenvalue weighted by atomic mass is 16.5. The fraction of sp³-hybridized carbons (Fsp3) is 0.353. The molecular weight excluding hydrogens is 338 g/mol. The number of carbonyl (C=O) groups is 2. The molecule has 1 N–H and O–H groups in total. The number of methoxy groups -OCH3 is 1. The number of fused-ring (bicyclic) bond motifs is 1. The first-order valence-electron chi connectivity index (χ1n) is 8.18. The summed E-state index contributed by atoms with van der Waals surface area (Å²) in [7, 11) is 3.10. The molecule has 0 atom stereocenters. The van der Waals surface area contributed by atoms with Crippen molar-refractivity contribution in [3.8, 4) is 11.3 Å². The predicted molar refractivity (Wildman–Crippen MR) is 90.7 cm³/mol. The summed E-state index contributed by atoms with van der Waals surface area (Å²) in [4.78, 5) is 28.3. The molecule has 1 aliphatic carbocycles. The first-order valence-corrected chi connectivity index (χ1v) is 8.18. The van der Waals surface area contributed by atoms with E-state index in [2.05, 4.69) is 15.2 Å². The molecule has 9 heteroatoms. The molecular formula is C17H17N5O4. The third-order valence-electron chi connectivity index (χ3n) is 4.38. The van der Waals surface area contributed by atoms with E-state index in [0.717, 1.165) is 18.4 Å². The number of nitrogens with zero attached hydrogens (tertiary/aromatic N) is 5. The molecule has 26 heavy (non-hydrogen) atoms. The monoisotopic (exact) mass is 355 g/mol. The van der Waals surface area contributed by atoms with Crippen molar-refractivity contribution < 1.29 is 19.4 Å². The van der Waals surface area contributed by atoms with Crippen LogP contribution in [0.25, 0.3) is 22.3 Å². The smallest absolute Gasteiger partial charge is 0.338 e. The topological polar surface area (TPSA) is 112 Å². The lowest BCUT2D eigenvalue weighted by atomic mass is 10.1. The van der Waals surface area contributed by atoms with Crippen LogP contribution >= 0.6 is 0 Å². The average molecular weight is 355 g/mol. The average Bonchev–Trinajstić information content (AvgIpc) is 3.27. The highest BCUT2D eigenvalue weighted by molar-refractivity contribution is 6.05. The lowest BCUT2D eigenvalue weighted by molar-refractivity contribution is -0.137. The Morgan fingerprint density at radius 1 is 1.38 bits per heavy atom. The van der Waals surface area contributed by atoms with Crippen LogP contribution in [0.5, 0.6) is 0 Å². The van der Waals surface area contributed by atoms with E-state index in [1.165, 1.54) is 11.8 Å². The molecule has 1 aliphatic rings. The minimum absolute atomic E-state index is 0.224. The Labute approximate surface area is 148 Å². The van der Waals surface area contributed by atoms with Gasteiger partial charge in [-0.1, -0.05) is 0 Å². The Bertz CT molecular complexity index is 1030. The van der Waals surface area contributed by atoms with Gasteiger partial charge in [-0.3, -0.25) is 9.48 Å². The Morgan fingerprint density at radius 3 is 2.73 bits per heavy atom. The van der Waals surface area contributed by atoms with Crippen LogP contribution in [-0.4, -0.2) is 48.7 Å². The van der Waals surface area contributed by atoms with Gasteiger partial charge in [-0.2, -0.15) is 10.2 Å². The van der Waals surface area contributed by atoms with Crippen LogP contribution in [-0.2, 0) is 23.1 Å². The summed E-state index contributed by atoms with van der Waals surface area (Å²) >= 11 is 0. The minimum Gasteiger partial charge on any atom is -0.480 e. The van der Waals surface area contributed by atoms with E-state index in [1.807, 2.05) is 0 Å². The molecule has 0 spiro atoms. The highest BCUT2D eigenvalue weighted by Crippen LogP contribution is 2.43. The summed E-state index contributed by atoms with van der Waals surface area (Å²) in [5.74, 6) is -1.30. The fourth-order valence-corrected chi connectivity index (χ4v) is 3.05. The number of carboxylic acids is 1. The van der Waals surface area contributed by atoms with Crippen molar-refractivity contribution in [1.29, 1.82) is 0 Å². The number of aliphatic carboxylic acids is 1. The summed E-state index contributed by atoms with van der Waals surface area (Å²) in [5, 5.41) is 18.4. The number of ether oxygens (including phenoxy) is 1. The normalized spacial score (nSPS) is 13.9. The Hall–Kier alpha value is -3.23. The molecule has 4 rings (SSSR count). The lowest BCUT2D eigenvalue weighted by Gasteiger charge is -2.06. The molecule has 0 aliphatic heterocycles. The van der Waals surface area contributed by atoms with Crippen LogP contribution in [0.1, 0.15) is 34.8 Å². The van der Waals surface area contributed by atoms with Crippen molar-refractivity contribution in [3.05, 3.63) is 29.7 Å². The van der Waals surface area contributed by atoms with E-state index in [-0.39, 0.29) is 12.5 Å². The number of hydrogen-bond donors (Lipinski definition) is 1. The minimum atomic E-state index is -1.02. The number of esters is 1. The van der Waals surface area contributed by atoms with Crippen molar-refractivity contribution in [3.63, 3.8) is 0 Å². The Balaban J connectivity index is 2.01. The number of carbonyl (C=O) groups excluding carboxylic acids is 1. The van der Waals surface area contributed by atoms with Gasteiger partial charge in [-0.15, -0.1) is 0 Å². The van der Waals surface area contributed by atoms with Crippen LogP contribution in [0.4, 0.5) is 0 Å². The maximum Gasteiger partial charge on any atom is 0.338 e. The third kappa shape index (κ3) is 2.71. The molecule has 3 aromatic heterocycles. The third-order valence-corrected chi connectivity index (χ3v) is 4.38. The summed E-state index contributed by atoms with van der Waals surface area (Å²) in [6, 6.07) is 1.66. The standard InChI is InChI=1S/C17H17N5O4/c1-21-7-10(6-18-21)12-5-11(17(25)26-2)14-15(9-3-4-9)20-22(8-13(23)24)16(14)19-12/h5-7,9H,3-4,8H2,1-2H3,(H,23,24). The number of pyridine rings is 1. The van der Waals surface area contributed by atoms with Crippen LogP contribution in [0, 0.1) is 0 Å². The molecule has 134 valence electrons. The zero-order chi connectivity index (χ0) is 18.4. The first-order chi connectivity index (χ1) is 12.5. The number of rotatable bonds is 5. The fourth-order valence-electron chi connectivity index (χ4n) is 3.05. The van der Waals surface area contributed by atoms with E-state index in [9.17, 15) is 14.7 Å². The molecule has 3 aromatic rings. The van der Waals surface area contributed by atoms with E-state index >= 15 is 0 Å². The number of hydrogen-bond acceptors (Lipinski definition) is 6. The zero-order valence-electron chi connectivity index (χ0n) is 14.3. The molecule has 3 heterocycles. The van der Waals surface area contributed by atoms with Crippen molar-refractivity contribution in [1.82, 2.24) is 24.5 Å². The second kappa shape index (κ2) is 5.94. The second-order valence-electron chi connectivity index (χ2n) is 6.36.